The average molecular weight is 300 g/mol. The summed E-state index contributed by atoms with van der Waals surface area (Å²) in [7, 11) is 0. The van der Waals surface area contributed by atoms with Crippen LogP contribution in [-0.4, -0.2) is 79.1 Å². The molecule has 2 aliphatic rings. The van der Waals surface area contributed by atoms with Crippen LogP contribution in [0.5, 0.6) is 0 Å². The van der Waals surface area contributed by atoms with Crippen molar-refractivity contribution in [3.05, 3.63) is 0 Å². The summed E-state index contributed by atoms with van der Waals surface area (Å²) in [4.78, 5) is 15.5. The van der Waals surface area contributed by atoms with Gasteiger partial charge in [-0.25, -0.2) is 4.79 Å². The lowest BCUT2D eigenvalue weighted by Gasteiger charge is -2.35. The highest BCUT2D eigenvalue weighted by atomic mass is 16.6. The second kappa shape index (κ2) is 8.56. The molecule has 2 rings (SSSR count). The van der Waals surface area contributed by atoms with E-state index in [4.69, 9.17) is 9.47 Å². The summed E-state index contributed by atoms with van der Waals surface area (Å²) in [6.07, 6.45) is 4.42. The number of rotatable bonds is 6. The molecule has 1 N–H and O–H groups in total. The fourth-order valence-electron chi connectivity index (χ4n) is 2.98. The van der Waals surface area contributed by atoms with E-state index in [1.165, 1.54) is 12.8 Å². The Morgan fingerprint density at radius 2 is 1.90 bits per heavy atom. The Bertz CT molecular complexity index is 313. The zero-order valence-electron chi connectivity index (χ0n) is 13.0. The first-order valence-corrected chi connectivity index (χ1v) is 8.12. The topological polar surface area (TPSA) is 62.2 Å². The molecule has 1 atom stereocenters. The predicted molar refractivity (Wildman–Crippen MR) is 79.2 cm³/mol. The quantitative estimate of drug-likeness (QED) is 0.795. The van der Waals surface area contributed by atoms with Crippen LogP contribution in [0.2, 0.25) is 0 Å². The van der Waals surface area contributed by atoms with Gasteiger partial charge >= 0.3 is 6.09 Å². The van der Waals surface area contributed by atoms with E-state index in [2.05, 4.69) is 4.90 Å². The third kappa shape index (κ3) is 5.45. The first kappa shape index (κ1) is 16.5. The van der Waals surface area contributed by atoms with Crippen molar-refractivity contribution in [2.45, 2.75) is 44.8 Å². The summed E-state index contributed by atoms with van der Waals surface area (Å²) < 4.78 is 10.7. The Labute approximate surface area is 127 Å². The molecule has 1 heterocycles. The van der Waals surface area contributed by atoms with Gasteiger partial charge in [0.1, 0.15) is 0 Å². The molecule has 0 spiro atoms. The monoisotopic (exact) mass is 300 g/mol. The number of aliphatic hydroxyl groups is 1. The fraction of sp³-hybridized carbons (Fsp3) is 0.933. The number of piperazine rings is 1. The van der Waals surface area contributed by atoms with E-state index in [9.17, 15) is 9.90 Å². The second-order valence-electron chi connectivity index (χ2n) is 5.88. The zero-order valence-corrected chi connectivity index (χ0v) is 13.0. The van der Waals surface area contributed by atoms with E-state index < -0.39 is 6.10 Å². The highest BCUT2D eigenvalue weighted by molar-refractivity contribution is 5.67. The van der Waals surface area contributed by atoms with Crippen LogP contribution < -0.4 is 0 Å². The lowest BCUT2D eigenvalue weighted by molar-refractivity contribution is -0.0231. The summed E-state index contributed by atoms with van der Waals surface area (Å²) in [5, 5.41) is 10.0. The fourth-order valence-corrected chi connectivity index (χ4v) is 2.98. The summed E-state index contributed by atoms with van der Waals surface area (Å²) in [6, 6.07) is 0. The Morgan fingerprint density at radius 3 is 2.52 bits per heavy atom. The number of aliphatic hydroxyl groups excluding tert-OH is 1. The number of carbonyl (C=O) groups is 1. The Hall–Kier alpha value is -0.850. The molecule has 21 heavy (non-hydrogen) atoms. The van der Waals surface area contributed by atoms with Crippen LogP contribution in [0, 0.1) is 0 Å². The summed E-state index contributed by atoms with van der Waals surface area (Å²) in [5.74, 6) is 0. The van der Waals surface area contributed by atoms with Crippen molar-refractivity contribution in [3.63, 3.8) is 0 Å². The van der Waals surface area contributed by atoms with E-state index >= 15 is 0 Å². The minimum atomic E-state index is -0.445. The van der Waals surface area contributed by atoms with Gasteiger partial charge in [0.2, 0.25) is 0 Å². The van der Waals surface area contributed by atoms with Crippen LogP contribution in [0.25, 0.3) is 0 Å². The van der Waals surface area contributed by atoms with E-state index in [1.54, 1.807) is 4.90 Å². The van der Waals surface area contributed by atoms with Crippen molar-refractivity contribution in [2.24, 2.45) is 0 Å². The maximum absolute atomic E-state index is 11.6. The zero-order chi connectivity index (χ0) is 15.1. The van der Waals surface area contributed by atoms with Crippen molar-refractivity contribution in [1.29, 1.82) is 0 Å². The Balaban J connectivity index is 1.60. The molecule has 6 heteroatoms. The molecule has 0 radical (unpaired) electrons. The first-order valence-electron chi connectivity index (χ1n) is 8.12. The standard InChI is InChI=1S/C15H28N2O4/c1-2-20-15(19)17-9-7-16(8-10-17)11-13(18)12-21-14-5-3-4-6-14/h13-14,18H,2-12H2,1H3/t13-/m0/s1. The molecule has 0 aromatic carbocycles. The van der Waals surface area contributed by atoms with Gasteiger partial charge < -0.3 is 19.5 Å². The SMILES string of the molecule is CCOC(=O)N1CCN(C[C@H](O)COC2CCCC2)CC1. The molecular weight excluding hydrogens is 272 g/mol. The van der Waals surface area contributed by atoms with Gasteiger partial charge in [0.25, 0.3) is 0 Å². The van der Waals surface area contributed by atoms with Gasteiger partial charge in [-0.15, -0.1) is 0 Å². The number of β-amino-alcohol motifs (C(OH)–C–C–N with tert-alkyl or cyclic N) is 1. The van der Waals surface area contributed by atoms with Crippen LogP contribution in [0.4, 0.5) is 4.79 Å². The lowest BCUT2D eigenvalue weighted by atomic mass is 10.2. The third-order valence-corrected chi connectivity index (χ3v) is 4.19. The van der Waals surface area contributed by atoms with Crippen LogP contribution in [0.3, 0.4) is 0 Å². The highest BCUT2D eigenvalue weighted by Gasteiger charge is 2.24. The molecule has 0 aromatic heterocycles. The van der Waals surface area contributed by atoms with Gasteiger partial charge in [-0.05, 0) is 19.8 Å². The van der Waals surface area contributed by atoms with Gasteiger partial charge in [0.05, 0.1) is 25.4 Å². The molecule has 1 saturated heterocycles. The van der Waals surface area contributed by atoms with Crippen molar-refractivity contribution < 1.29 is 19.4 Å². The molecule has 1 aliphatic heterocycles. The summed E-state index contributed by atoms with van der Waals surface area (Å²) in [5.41, 5.74) is 0. The van der Waals surface area contributed by atoms with E-state index in [0.29, 0.717) is 39.0 Å². The number of carbonyl (C=O) groups excluding carboxylic acids is 1. The van der Waals surface area contributed by atoms with Gasteiger partial charge in [-0.2, -0.15) is 0 Å². The first-order chi connectivity index (χ1) is 10.2. The molecule has 1 saturated carbocycles. The molecule has 0 bridgehead atoms. The van der Waals surface area contributed by atoms with Gasteiger partial charge in [0.15, 0.2) is 0 Å². The van der Waals surface area contributed by atoms with Crippen LogP contribution >= 0.6 is 0 Å². The van der Waals surface area contributed by atoms with E-state index in [1.807, 2.05) is 6.92 Å². The van der Waals surface area contributed by atoms with Crippen LogP contribution in [-0.2, 0) is 9.47 Å². The Morgan fingerprint density at radius 1 is 1.24 bits per heavy atom. The molecule has 6 nitrogen and oxygen atoms in total. The second-order valence-corrected chi connectivity index (χ2v) is 5.88. The van der Waals surface area contributed by atoms with Gasteiger partial charge in [-0.3, -0.25) is 4.90 Å². The molecule has 122 valence electrons. The molecular formula is C15H28N2O4. The summed E-state index contributed by atoms with van der Waals surface area (Å²) in [6.45, 7) is 6.14. The van der Waals surface area contributed by atoms with Crippen molar-refractivity contribution in [3.8, 4) is 0 Å². The Kier molecular flexibility index (Phi) is 6.73. The van der Waals surface area contributed by atoms with Crippen molar-refractivity contribution >= 4 is 6.09 Å². The third-order valence-electron chi connectivity index (χ3n) is 4.19. The number of hydrogen-bond acceptors (Lipinski definition) is 5. The maximum atomic E-state index is 11.6. The highest BCUT2D eigenvalue weighted by Crippen LogP contribution is 2.21. The number of nitrogens with zero attached hydrogens (tertiary/aromatic N) is 2. The minimum absolute atomic E-state index is 0.234. The lowest BCUT2D eigenvalue weighted by Crippen LogP contribution is -2.51. The maximum Gasteiger partial charge on any atom is 0.409 e. The molecule has 2 fully saturated rings. The van der Waals surface area contributed by atoms with Crippen LogP contribution in [0.15, 0.2) is 0 Å². The van der Waals surface area contributed by atoms with Crippen molar-refractivity contribution in [1.82, 2.24) is 9.80 Å². The van der Waals surface area contributed by atoms with E-state index in [-0.39, 0.29) is 6.09 Å². The number of amides is 1. The number of ether oxygens (including phenoxy) is 2. The molecule has 1 aliphatic carbocycles. The molecule has 0 aromatic rings. The summed E-state index contributed by atoms with van der Waals surface area (Å²) >= 11 is 0. The average Bonchev–Trinajstić information content (AvgIpc) is 2.99. The van der Waals surface area contributed by atoms with Crippen molar-refractivity contribution in [2.75, 3.05) is 45.9 Å². The van der Waals surface area contributed by atoms with E-state index in [0.717, 1.165) is 25.9 Å². The van der Waals surface area contributed by atoms with Gasteiger partial charge in [0, 0.05) is 32.7 Å². The van der Waals surface area contributed by atoms with Gasteiger partial charge in [-0.1, -0.05) is 12.8 Å². The molecule has 0 unspecified atom stereocenters. The smallest absolute Gasteiger partial charge is 0.409 e. The largest absolute Gasteiger partial charge is 0.450 e. The minimum Gasteiger partial charge on any atom is -0.450 e. The predicted octanol–water partition coefficient (Wildman–Crippen LogP) is 1.08. The molecule has 1 amide bonds. The normalized spacial score (nSPS) is 22.5. The number of hydrogen-bond donors (Lipinski definition) is 1. The van der Waals surface area contributed by atoms with Crippen LogP contribution in [0.1, 0.15) is 32.6 Å².